The fourth-order valence-electron chi connectivity index (χ4n) is 1.76. The van der Waals surface area contributed by atoms with Gasteiger partial charge in [-0.2, -0.15) is 0 Å². The van der Waals surface area contributed by atoms with Gasteiger partial charge in [-0.15, -0.1) is 11.3 Å². The highest BCUT2D eigenvalue weighted by Gasteiger charge is 2.28. The summed E-state index contributed by atoms with van der Waals surface area (Å²) in [4.78, 5) is 9.98. The number of hydrogen-bond donors (Lipinski definition) is 1. The summed E-state index contributed by atoms with van der Waals surface area (Å²) in [6.07, 6.45) is 2.33. The second-order valence-corrected chi connectivity index (χ2v) is 5.64. The Hall–Kier alpha value is -1.13. The molecule has 2 N–H and O–H groups in total. The molecule has 1 aliphatic carbocycles. The lowest BCUT2D eigenvalue weighted by molar-refractivity contribution is 0.929. The highest BCUT2D eigenvalue weighted by molar-refractivity contribution is 7.14. The highest BCUT2D eigenvalue weighted by atomic mass is 35.5. The molecule has 1 saturated carbocycles. The first-order valence-electron chi connectivity index (χ1n) is 5.54. The Morgan fingerprint density at radius 1 is 1.41 bits per heavy atom. The van der Waals surface area contributed by atoms with Crippen LogP contribution in [-0.2, 0) is 0 Å². The van der Waals surface area contributed by atoms with Crippen LogP contribution in [0.3, 0.4) is 0 Å². The van der Waals surface area contributed by atoms with Gasteiger partial charge in [-0.1, -0.05) is 11.6 Å². The Labute approximate surface area is 109 Å². The van der Waals surface area contributed by atoms with Crippen molar-refractivity contribution in [2.24, 2.45) is 0 Å². The van der Waals surface area contributed by atoms with Crippen molar-refractivity contribution >= 4 is 28.8 Å². The molecular formula is C12H12ClN3S. The van der Waals surface area contributed by atoms with E-state index in [0.717, 1.165) is 27.0 Å². The van der Waals surface area contributed by atoms with Crippen LogP contribution in [0.1, 0.15) is 30.1 Å². The standard InChI is InChI=1S/C12H12ClN3S/c1-6-9(10-8(13)4-5-17-10)15-12(7-2-3-7)16-11(6)14/h4-5,7H,2-3H2,1H3,(H2,14,15,16). The zero-order chi connectivity index (χ0) is 12.0. The number of nitrogens with two attached hydrogens (primary N) is 1. The molecule has 17 heavy (non-hydrogen) atoms. The van der Waals surface area contributed by atoms with Crippen LogP contribution in [0.4, 0.5) is 5.82 Å². The molecule has 2 aromatic rings. The molecule has 5 heteroatoms. The lowest BCUT2D eigenvalue weighted by atomic mass is 10.2. The fourth-order valence-corrected chi connectivity index (χ4v) is 2.95. The first-order chi connectivity index (χ1) is 8.16. The van der Waals surface area contributed by atoms with Gasteiger partial charge in [0.15, 0.2) is 0 Å². The molecule has 3 rings (SSSR count). The van der Waals surface area contributed by atoms with Crippen LogP contribution in [0.5, 0.6) is 0 Å². The lowest BCUT2D eigenvalue weighted by Crippen LogP contribution is -2.03. The van der Waals surface area contributed by atoms with Crippen LogP contribution in [0.15, 0.2) is 11.4 Å². The summed E-state index contributed by atoms with van der Waals surface area (Å²) in [5.74, 6) is 1.93. The van der Waals surface area contributed by atoms with Crippen LogP contribution < -0.4 is 5.73 Å². The van der Waals surface area contributed by atoms with Gasteiger partial charge in [0.1, 0.15) is 11.6 Å². The molecule has 88 valence electrons. The fraction of sp³-hybridized carbons (Fsp3) is 0.333. The Bertz CT molecular complexity index is 575. The molecule has 0 atom stereocenters. The van der Waals surface area contributed by atoms with Crippen LogP contribution in [-0.4, -0.2) is 9.97 Å². The molecule has 0 unspecified atom stereocenters. The van der Waals surface area contributed by atoms with E-state index in [0.29, 0.717) is 11.7 Å². The molecule has 0 bridgehead atoms. The average molecular weight is 266 g/mol. The van der Waals surface area contributed by atoms with Crippen molar-refractivity contribution in [3.05, 3.63) is 27.9 Å². The Morgan fingerprint density at radius 2 is 2.18 bits per heavy atom. The van der Waals surface area contributed by atoms with E-state index in [1.807, 2.05) is 18.4 Å². The van der Waals surface area contributed by atoms with Gasteiger partial charge in [0.2, 0.25) is 0 Å². The van der Waals surface area contributed by atoms with Crippen molar-refractivity contribution in [2.45, 2.75) is 25.7 Å². The van der Waals surface area contributed by atoms with Gasteiger partial charge < -0.3 is 5.73 Å². The number of nitrogens with zero attached hydrogens (tertiary/aromatic N) is 2. The van der Waals surface area contributed by atoms with Gasteiger partial charge in [0.05, 0.1) is 15.6 Å². The zero-order valence-corrected chi connectivity index (χ0v) is 11.0. The second-order valence-electron chi connectivity index (χ2n) is 4.31. The minimum atomic E-state index is 0.496. The van der Waals surface area contributed by atoms with Crippen molar-refractivity contribution in [3.63, 3.8) is 0 Å². The SMILES string of the molecule is Cc1c(N)nc(C2CC2)nc1-c1sccc1Cl. The predicted molar refractivity (Wildman–Crippen MR) is 71.5 cm³/mol. The molecule has 0 radical (unpaired) electrons. The number of halogens is 1. The van der Waals surface area contributed by atoms with E-state index in [1.165, 1.54) is 12.8 Å². The number of aromatic nitrogens is 2. The quantitative estimate of drug-likeness (QED) is 0.902. The summed E-state index contributed by atoms with van der Waals surface area (Å²) in [6.45, 7) is 1.94. The highest BCUT2D eigenvalue weighted by Crippen LogP contribution is 2.41. The second kappa shape index (κ2) is 3.96. The van der Waals surface area contributed by atoms with E-state index >= 15 is 0 Å². The molecule has 0 amide bonds. The van der Waals surface area contributed by atoms with Crippen LogP contribution >= 0.6 is 22.9 Å². The van der Waals surface area contributed by atoms with Gasteiger partial charge in [-0.05, 0) is 31.2 Å². The number of hydrogen-bond acceptors (Lipinski definition) is 4. The predicted octanol–water partition coefficient (Wildman–Crippen LogP) is 3.63. The third kappa shape index (κ3) is 1.91. The third-order valence-electron chi connectivity index (χ3n) is 2.98. The molecule has 0 saturated heterocycles. The van der Waals surface area contributed by atoms with Crippen LogP contribution in [0, 0.1) is 6.92 Å². The molecule has 1 fully saturated rings. The molecule has 1 aliphatic rings. The van der Waals surface area contributed by atoms with Crippen molar-refractivity contribution in [3.8, 4) is 10.6 Å². The monoisotopic (exact) mass is 265 g/mol. The Balaban J connectivity index is 2.17. The van der Waals surface area contributed by atoms with Crippen molar-refractivity contribution in [1.29, 1.82) is 0 Å². The smallest absolute Gasteiger partial charge is 0.134 e. The van der Waals surface area contributed by atoms with Gasteiger partial charge >= 0.3 is 0 Å². The summed E-state index contributed by atoms with van der Waals surface area (Å²) in [6, 6.07) is 1.89. The number of nitrogen functional groups attached to an aromatic ring is 1. The Kier molecular flexibility index (Phi) is 2.56. The normalized spacial score (nSPS) is 15.2. The molecular weight excluding hydrogens is 254 g/mol. The van der Waals surface area contributed by atoms with E-state index in [1.54, 1.807) is 11.3 Å². The molecule has 3 nitrogen and oxygen atoms in total. The minimum Gasteiger partial charge on any atom is -0.383 e. The van der Waals surface area contributed by atoms with Gasteiger partial charge in [-0.25, -0.2) is 9.97 Å². The lowest BCUT2D eigenvalue weighted by Gasteiger charge is -2.08. The van der Waals surface area contributed by atoms with E-state index in [4.69, 9.17) is 17.3 Å². The largest absolute Gasteiger partial charge is 0.383 e. The van der Waals surface area contributed by atoms with Gasteiger partial charge in [0.25, 0.3) is 0 Å². The van der Waals surface area contributed by atoms with Gasteiger partial charge in [-0.3, -0.25) is 0 Å². The van der Waals surface area contributed by atoms with Crippen molar-refractivity contribution in [1.82, 2.24) is 9.97 Å². The first-order valence-corrected chi connectivity index (χ1v) is 6.80. The molecule has 2 heterocycles. The van der Waals surface area contributed by atoms with E-state index in [-0.39, 0.29) is 0 Å². The van der Waals surface area contributed by atoms with Crippen LogP contribution in [0.25, 0.3) is 10.6 Å². The summed E-state index contributed by atoms with van der Waals surface area (Å²) < 4.78 is 0. The average Bonchev–Trinajstić information content (AvgIpc) is 3.06. The van der Waals surface area contributed by atoms with E-state index in [9.17, 15) is 0 Å². The summed E-state index contributed by atoms with van der Waals surface area (Å²) in [5, 5.41) is 2.70. The van der Waals surface area contributed by atoms with E-state index < -0.39 is 0 Å². The topological polar surface area (TPSA) is 51.8 Å². The molecule has 0 spiro atoms. The maximum atomic E-state index is 6.16. The molecule has 0 aromatic carbocycles. The number of thiophene rings is 1. The van der Waals surface area contributed by atoms with E-state index in [2.05, 4.69) is 9.97 Å². The van der Waals surface area contributed by atoms with Gasteiger partial charge in [0, 0.05) is 11.5 Å². The maximum Gasteiger partial charge on any atom is 0.134 e. The molecule has 2 aromatic heterocycles. The third-order valence-corrected chi connectivity index (χ3v) is 4.32. The summed E-state index contributed by atoms with van der Waals surface area (Å²) in [5.41, 5.74) is 7.76. The van der Waals surface area contributed by atoms with Crippen molar-refractivity contribution < 1.29 is 0 Å². The zero-order valence-electron chi connectivity index (χ0n) is 9.40. The number of anilines is 1. The molecule has 0 aliphatic heterocycles. The first kappa shape index (κ1) is 11.0. The minimum absolute atomic E-state index is 0.496. The maximum absolute atomic E-state index is 6.16. The van der Waals surface area contributed by atoms with Crippen LogP contribution in [0.2, 0.25) is 5.02 Å². The van der Waals surface area contributed by atoms with Crippen molar-refractivity contribution in [2.75, 3.05) is 5.73 Å². The summed E-state index contributed by atoms with van der Waals surface area (Å²) in [7, 11) is 0. The summed E-state index contributed by atoms with van der Waals surface area (Å²) >= 11 is 7.74. The number of rotatable bonds is 2. The Morgan fingerprint density at radius 3 is 2.76 bits per heavy atom.